The highest BCUT2D eigenvalue weighted by Gasteiger charge is 2.20. The van der Waals surface area contributed by atoms with Gasteiger partial charge in [0.2, 0.25) is 5.75 Å². The fourth-order valence-electron chi connectivity index (χ4n) is 3.52. The predicted octanol–water partition coefficient (Wildman–Crippen LogP) is 3.54. The maximum absolute atomic E-state index is 13.0. The molecule has 30 heavy (non-hydrogen) atoms. The number of hydrogen-bond donors (Lipinski definition) is 0. The van der Waals surface area contributed by atoms with Gasteiger partial charge in [0, 0.05) is 31.3 Å². The SMILES string of the molecule is COc1ccc(CN(C)C(=O)c2cccc(OCC3CCCO3)c2)c(OC)c1OC. The smallest absolute Gasteiger partial charge is 0.254 e. The van der Waals surface area contributed by atoms with E-state index < -0.39 is 0 Å². The van der Waals surface area contributed by atoms with E-state index in [1.165, 1.54) is 0 Å². The molecule has 1 atom stereocenters. The van der Waals surface area contributed by atoms with Crippen molar-refractivity contribution in [1.29, 1.82) is 0 Å². The summed E-state index contributed by atoms with van der Waals surface area (Å²) in [5.41, 5.74) is 1.37. The van der Waals surface area contributed by atoms with Crippen molar-refractivity contribution in [2.75, 3.05) is 41.6 Å². The molecule has 2 aromatic carbocycles. The van der Waals surface area contributed by atoms with Gasteiger partial charge in [-0.05, 0) is 43.2 Å². The molecule has 1 saturated heterocycles. The molecule has 1 aliphatic rings. The number of hydrogen-bond acceptors (Lipinski definition) is 6. The van der Waals surface area contributed by atoms with Gasteiger partial charge in [-0.2, -0.15) is 0 Å². The van der Waals surface area contributed by atoms with Gasteiger partial charge >= 0.3 is 0 Å². The molecule has 0 aromatic heterocycles. The number of amides is 1. The number of rotatable bonds is 9. The van der Waals surface area contributed by atoms with E-state index in [0.29, 0.717) is 41.7 Å². The molecule has 1 amide bonds. The Morgan fingerprint density at radius 2 is 1.90 bits per heavy atom. The predicted molar refractivity (Wildman–Crippen MR) is 113 cm³/mol. The molecule has 0 spiro atoms. The Labute approximate surface area is 177 Å². The Kier molecular flexibility index (Phi) is 7.41. The van der Waals surface area contributed by atoms with Crippen LogP contribution in [0.25, 0.3) is 0 Å². The Morgan fingerprint density at radius 1 is 1.10 bits per heavy atom. The van der Waals surface area contributed by atoms with Crippen molar-refractivity contribution in [2.45, 2.75) is 25.5 Å². The first-order valence-corrected chi connectivity index (χ1v) is 9.95. The van der Waals surface area contributed by atoms with Crippen LogP contribution in [0.3, 0.4) is 0 Å². The zero-order chi connectivity index (χ0) is 21.5. The van der Waals surface area contributed by atoms with Crippen molar-refractivity contribution in [3.05, 3.63) is 47.5 Å². The van der Waals surface area contributed by atoms with E-state index in [4.69, 9.17) is 23.7 Å². The number of ether oxygens (including phenoxy) is 5. The van der Waals surface area contributed by atoms with Crippen molar-refractivity contribution in [3.8, 4) is 23.0 Å². The highest BCUT2D eigenvalue weighted by atomic mass is 16.5. The maximum atomic E-state index is 13.0. The van der Waals surface area contributed by atoms with Crippen LogP contribution in [-0.2, 0) is 11.3 Å². The average Bonchev–Trinajstić information content (AvgIpc) is 3.30. The molecule has 1 unspecified atom stereocenters. The summed E-state index contributed by atoms with van der Waals surface area (Å²) < 4.78 is 27.7. The molecule has 2 aromatic rings. The molecule has 0 saturated carbocycles. The van der Waals surface area contributed by atoms with Crippen molar-refractivity contribution >= 4 is 5.91 Å². The summed E-state index contributed by atoms with van der Waals surface area (Å²) in [6, 6.07) is 10.9. The normalized spacial score (nSPS) is 15.5. The van der Waals surface area contributed by atoms with Crippen LogP contribution in [0.2, 0.25) is 0 Å². The van der Waals surface area contributed by atoms with Crippen LogP contribution in [0.5, 0.6) is 23.0 Å². The molecule has 1 fully saturated rings. The molecule has 0 radical (unpaired) electrons. The highest BCUT2D eigenvalue weighted by Crippen LogP contribution is 2.40. The first-order valence-electron chi connectivity index (χ1n) is 9.95. The number of carbonyl (C=O) groups is 1. The van der Waals surface area contributed by atoms with Gasteiger partial charge in [0.1, 0.15) is 12.4 Å². The molecular weight excluding hydrogens is 386 g/mol. The molecule has 7 nitrogen and oxygen atoms in total. The Bertz CT molecular complexity index is 863. The van der Waals surface area contributed by atoms with Crippen LogP contribution < -0.4 is 18.9 Å². The molecule has 7 heteroatoms. The van der Waals surface area contributed by atoms with E-state index in [2.05, 4.69) is 0 Å². The molecule has 1 heterocycles. The lowest BCUT2D eigenvalue weighted by molar-refractivity contribution is 0.0678. The lowest BCUT2D eigenvalue weighted by Gasteiger charge is -2.21. The van der Waals surface area contributed by atoms with Crippen molar-refractivity contribution in [3.63, 3.8) is 0 Å². The third-order valence-electron chi connectivity index (χ3n) is 5.08. The van der Waals surface area contributed by atoms with E-state index >= 15 is 0 Å². The van der Waals surface area contributed by atoms with Crippen LogP contribution in [0.15, 0.2) is 36.4 Å². The zero-order valence-electron chi connectivity index (χ0n) is 18.0. The molecule has 0 N–H and O–H groups in total. The number of methoxy groups -OCH3 is 3. The Hall–Kier alpha value is -2.93. The molecular formula is C23H29NO6. The first-order chi connectivity index (χ1) is 14.6. The Balaban J connectivity index is 1.70. The average molecular weight is 415 g/mol. The van der Waals surface area contributed by atoms with Crippen molar-refractivity contribution in [1.82, 2.24) is 4.90 Å². The van der Waals surface area contributed by atoms with Crippen LogP contribution in [0.4, 0.5) is 0 Å². The van der Waals surface area contributed by atoms with Crippen molar-refractivity contribution in [2.24, 2.45) is 0 Å². The number of benzene rings is 2. The minimum absolute atomic E-state index is 0.116. The minimum atomic E-state index is -0.116. The largest absolute Gasteiger partial charge is 0.493 e. The molecule has 1 aliphatic heterocycles. The molecule has 0 bridgehead atoms. The minimum Gasteiger partial charge on any atom is -0.493 e. The lowest BCUT2D eigenvalue weighted by Crippen LogP contribution is -2.26. The van der Waals surface area contributed by atoms with Gasteiger partial charge in [-0.3, -0.25) is 4.79 Å². The summed E-state index contributed by atoms with van der Waals surface area (Å²) in [6.45, 7) is 1.64. The quantitative estimate of drug-likeness (QED) is 0.624. The van der Waals surface area contributed by atoms with Crippen LogP contribution in [0, 0.1) is 0 Å². The molecule has 0 aliphatic carbocycles. The van der Waals surface area contributed by atoms with Crippen LogP contribution in [0.1, 0.15) is 28.8 Å². The maximum Gasteiger partial charge on any atom is 0.254 e. The second-order valence-corrected chi connectivity index (χ2v) is 7.13. The van der Waals surface area contributed by atoms with Gasteiger partial charge in [-0.1, -0.05) is 6.07 Å². The molecule has 3 rings (SSSR count). The van der Waals surface area contributed by atoms with Gasteiger partial charge in [0.15, 0.2) is 11.5 Å². The summed E-state index contributed by atoms with van der Waals surface area (Å²) in [5, 5.41) is 0. The fourth-order valence-corrected chi connectivity index (χ4v) is 3.52. The van der Waals surface area contributed by atoms with Gasteiger partial charge in [0.25, 0.3) is 5.91 Å². The fraction of sp³-hybridized carbons (Fsp3) is 0.435. The van der Waals surface area contributed by atoms with Gasteiger partial charge in [0.05, 0.1) is 27.4 Å². The van der Waals surface area contributed by atoms with Gasteiger partial charge < -0.3 is 28.6 Å². The summed E-state index contributed by atoms with van der Waals surface area (Å²) in [6.07, 6.45) is 2.20. The lowest BCUT2D eigenvalue weighted by atomic mass is 10.1. The summed E-state index contributed by atoms with van der Waals surface area (Å²) in [5.74, 6) is 2.17. The van der Waals surface area contributed by atoms with Crippen molar-refractivity contribution < 1.29 is 28.5 Å². The second-order valence-electron chi connectivity index (χ2n) is 7.13. The summed E-state index contributed by atoms with van der Waals surface area (Å²) in [7, 11) is 6.44. The Morgan fingerprint density at radius 3 is 2.57 bits per heavy atom. The molecule has 162 valence electrons. The van der Waals surface area contributed by atoms with E-state index in [0.717, 1.165) is 25.0 Å². The van der Waals surface area contributed by atoms with E-state index in [9.17, 15) is 4.79 Å². The zero-order valence-corrected chi connectivity index (χ0v) is 18.0. The van der Waals surface area contributed by atoms with Crippen LogP contribution in [-0.4, -0.2) is 58.5 Å². The van der Waals surface area contributed by atoms with E-state index in [-0.39, 0.29) is 12.0 Å². The first kappa shape index (κ1) is 21.8. The summed E-state index contributed by atoms with van der Waals surface area (Å²) in [4.78, 5) is 14.6. The topological polar surface area (TPSA) is 66.5 Å². The standard InChI is InChI=1S/C23H29NO6/c1-24(14-17-10-11-20(26-2)22(28-4)21(17)27-3)23(25)16-7-5-8-18(13-16)30-15-19-9-6-12-29-19/h5,7-8,10-11,13,19H,6,9,12,14-15H2,1-4H3. The number of carbonyl (C=O) groups excluding carboxylic acids is 1. The highest BCUT2D eigenvalue weighted by molar-refractivity contribution is 5.94. The van der Waals surface area contributed by atoms with Crippen LogP contribution >= 0.6 is 0 Å². The van der Waals surface area contributed by atoms with Gasteiger partial charge in [-0.15, -0.1) is 0 Å². The monoisotopic (exact) mass is 415 g/mol. The van der Waals surface area contributed by atoms with E-state index in [1.54, 1.807) is 51.5 Å². The summed E-state index contributed by atoms with van der Waals surface area (Å²) >= 11 is 0. The van der Waals surface area contributed by atoms with Gasteiger partial charge in [-0.25, -0.2) is 0 Å². The van der Waals surface area contributed by atoms with E-state index in [1.807, 2.05) is 18.2 Å². The third-order valence-corrected chi connectivity index (χ3v) is 5.08. The number of nitrogens with zero attached hydrogens (tertiary/aromatic N) is 1. The second kappa shape index (κ2) is 10.2. The third kappa shape index (κ3) is 4.97.